The quantitative estimate of drug-likeness (QED) is 0.305. The average Bonchev–Trinajstić information content (AvgIpc) is 2.70. The fraction of sp³-hybridized carbons (Fsp3) is 0.300. The molecular weight excluding hydrogens is 377 g/mol. The van der Waals surface area contributed by atoms with Crippen LogP contribution in [-0.2, 0) is 17.8 Å². The molecule has 0 radical (unpaired) electrons. The molecule has 0 bridgehead atoms. The highest BCUT2D eigenvalue weighted by atomic mass is 19.1. The molecule has 0 aliphatic heterocycles. The third-order valence-corrected chi connectivity index (χ3v) is 4.12. The van der Waals surface area contributed by atoms with Gasteiger partial charge in [0.1, 0.15) is 5.82 Å². The normalized spacial score (nSPS) is 11.1. The van der Waals surface area contributed by atoms with Crippen LogP contribution in [0.4, 0.5) is 10.1 Å². The summed E-state index contributed by atoms with van der Waals surface area (Å²) in [6.07, 6.45) is 0.451. The molecule has 154 valence electrons. The van der Waals surface area contributed by atoms with E-state index < -0.39 is 4.92 Å². The molecule has 2 rings (SSSR count). The molecule has 1 amide bonds. The predicted molar refractivity (Wildman–Crippen MR) is 109 cm³/mol. The number of non-ortho nitro benzene ring substituents is 1. The molecule has 0 unspecified atom stereocenters. The van der Waals surface area contributed by atoms with Gasteiger partial charge in [0.25, 0.3) is 5.69 Å². The zero-order valence-electron chi connectivity index (χ0n) is 16.4. The van der Waals surface area contributed by atoms with E-state index in [-0.39, 0.29) is 30.5 Å². The highest BCUT2D eigenvalue weighted by molar-refractivity contribution is 5.86. The fourth-order valence-corrected chi connectivity index (χ4v) is 2.40. The summed E-state index contributed by atoms with van der Waals surface area (Å²) in [6.45, 7) is 0.741. The van der Waals surface area contributed by atoms with Gasteiger partial charge in [-0.2, -0.15) is 0 Å². The number of likely N-dealkylation sites (N-methyl/N-ethyl adjacent to an activating group) is 1. The van der Waals surface area contributed by atoms with Crippen molar-refractivity contribution in [3.63, 3.8) is 0 Å². The molecule has 0 saturated heterocycles. The first-order valence-electron chi connectivity index (χ1n) is 9.06. The highest BCUT2D eigenvalue weighted by Gasteiger charge is 2.08. The molecule has 0 aromatic heterocycles. The second kappa shape index (κ2) is 10.7. The van der Waals surface area contributed by atoms with Gasteiger partial charge >= 0.3 is 0 Å². The predicted octanol–water partition coefficient (Wildman–Crippen LogP) is 2.10. The van der Waals surface area contributed by atoms with E-state index in [2.05, 4.69) is 15.6 Å². The van der Waals surface area contributed by atoms with Crippen LogP contribution in [0.5, 0.6) is 0 Å². The van der Waals surface area contributed by atoms with Crippen molar-refractivity contribution in [1.29, 1.82) is 0 Å². The van der Waals surface area contributed by atoms with Crippen molar-refractivity contribution in [3.05, 3.63) is 75.6 Å². The maximum atomic E-state index is 13.7. The Morgan fingerprint density at radius 1 is 1.14 bits per heavy atom. The number of carbonyl (C=O) groups excluding carboxylic acids is 1. The van der Waals surface area contributed by atoms with Crippen LogP contribution in [-0.4, -0.2) is 48.9 Å². The van der Waals surface area contributed by atoms with Crippen molar-refractivity contribution in [2.24, 2.45) is 4.99 Å². The standard InChI is InChI=1S/C20H24FN5O3/c1-25(2)19(27)14-24-20(22-12-11-16-5-3-4-6-18(16)21)23-13-15-7-9-17(10-8-15)26(28)29/h3-10H,11-14H2,1-2H3,(H2,22,23,24). The number of aliphatic imine (C=N–C) groups is 1. The minimum absolute atomic E-state index is 0.00988. The van der Waals surface area contributed by atoms with Gasteiger partial charge in [0, 0.05) is 32.8 Å². The van der Waals surface area contributed by atoms with Gasteiger partial charge in [0.05, 0.1) is 18.0 Å². The average molecular weight is 401 g/mol. The number of hydrogen-bond acceptors (Lipinski definition) is 4. The first-order valence-corrected chi connectivity index (χ1v) is 9.06. The van der Waals surface area contributed by atoms with Gasteiger partial charge in [0.15, 0.2) is 5.96 Å². The zero-order chi connectivity index (χ0) is 21.2. The number of amides is 1. The third kappa shape index (κ3) is 7.21. The maximum Gasteiger partial charge on any atom is 0.269 e. The Labute approximate surface area is 168 Å². The van der Waals surface area contributed by atoms with Crippen LogP contribution in [0.2, 0.25) is 0 Å². The summed E-state index contributed by atoms with van der Waals surface area (Å²) in [7, 11) is 3.31. The Morgan fingerprint density at radius 2 is 1.83 bits per heavy atom. The Bertz CT molecular complexity index is 869. The topological polar surface area (TPSA) is 99.9 Å². The molecule has 29 heavy (non-hydrogen) atoms. The summed E-state index contributed by atoms with van der Waals surface area (Å²) in [4.78, 5) is 28.0. The van der Waals surface area contributed by atoms with Crippen LogP contribution in [0, 0.1) is 15.9 Å². The lowest BCUT2D eigenvalue weighted by atomic mass is 10.1. The number of rotatable bonds is 8. The van der Waals surface area contributed by atoms with Gasteiger partial charge in [-0.3, -0.25) is 14.9 Å². The smallest absolute Gasteiger partial charge is 0.269 e. The SMILES string of the molecule is CN(C)C(=O)CNC(=NCc1ccc([N+](=O)[O-])cc1)NCCc1ccccc1F. The molecule has 0 atom stereocenters. The van der Waals surface area contributed by atoms with Gasteiger partial charge in [-0.15, -0.1) is 0 Å². The summed E-state index contributed by atoms with van der Waals surface area (Å²) in [5.74, 6) is 0.00763. The molecule has 2 N–H and O–H groups in total. The molecule has 0 saturated carbocycles. The van der Waals surface area contributed by atoms with Gasteiger partial charge in [-0.1, -0.05) is 30.3 Å². The lowest BCUT2D eigenvalue weighted by Crippen LogP contribution is -2.43. The van der Waals surface area contributed by atoms with Gasteiger partial charge in [0.2, 0.25) is 5.91 Å². The van der Waals surface area contributed by atoms with E-state index in [0.29, 0.717) is 24.5 Å². The van der Waals surface area contributed by atoms with Crippen molar-refractivity contribution in [2.45, 2.75) is 13.0 Å². The van der Waals surface area contributed by atoms with Crippen LogP contribution in [0.1, 0.15) is 11.1 Å². The number of nitrogens with one attached hydrogen (secondary N) is 2. The number of nitrogens with zero attached hydrogens (tertiary/aromatic N) is 3. The summed E-state index contributed by atoms with van der Waals surface area (Å²) in [5, 5.41) is 16.8. The summed E-state index contributed by atoms with van der Waals surface area (Å²) in [6, 6.07) is 12.6. The second-order valence-electron chi connectivity index (χ2n) is 6.50. The molecule has 9 heteroatoms. The van der Waals surface area contributed by atoms with Crippen molar-refractivity contribution in [3.8, 4) is 0 Å². The third-order valence-electron chi connectivity index (χ3n) is 4.12. The van der Waals surface area contributed by atoms with E-state index in [1.165, 1.54) is 23.1 Å². The number of guanidine groups is 1. The molecular formula is C20H24FN5O3. The van der Waals surface area contributed by atoms with E-state index in [1.54, 1.807) is 44.4 Å². The van der Waals surface area contributed by atoms with Crippen LogP contribution < -0.4 is 10.6 Å². The Morgan fingerprint density at radius 3 is 2.45 bits per heavy atom. The van der Waals surface area contributed by atoms with Crippen LogP contribution >= 0.6 is 0 Å². The monoisotopic (exact) mass is 401 g/mol. The molecule has 0 fully saturated rings. The minimum atomic E-state index is -0.461. The van der Waals surface area contributed by atoms with Gasteiger partial charge in [-0.05, 0) is 23.6 Å². The molecule has 0 spiro atoms. The van der Waals surface area contributed by atoms with Gasteiger partial charge in [-0.25, -0.2) is 9.38 Å². The molecule has 0 aliphatic rings. The van der Waals surface area contributed by atoms with Gasteiger partial charge < -0.3 is 15.5 Å². The Hall–Kier alpha value is -3.49. The van der Waals surface area contributed by atoms with Crippen molar-refractivity contribution >= 4 is 17.6 Å². The summed E-state index contributed by atoms with van der Waals surface area (Å²) < 4.78 is 13.7. The van der Waals surface area contributed by atoms with Crippen molar-refractivity contribution in [2.75, 3.05) is 27.2 Å². The summed E-state index contributed by atoms with van der Waals surface area (Å²) in [5.41, 5.74) is 1.37. The van der Waals surface area contributed by atoms with E-state index in [1.807, 2.05) is 0 Å². The first-order chi connectivity index (χ1) is 13.9. The molecule has 2 aromatic carbocycles. The lowest BCUT2D eigenvalue weighted by molar-refractivity contribution is -0.384. The molecule has 0 heterocycles. The number of hydrogen-bond donors (Lipinski definition) is 2. The van der Waals surface area contributed by atoms with Crippen LogP contribution in [0.3, 0.4) is 0 Å². The zero-order valence-corrected chi connectivity index (χ0v) is 16.4. The Kier molecular flexibility index (Phi) is 8.08. The number of benzene rings is 2. The van der Waals surface area contributed by atoms with Crippen LogP contribution in [0.25, 0.3) is 0 Å². The number of halogens is 1. The lowest BCUT2D eigenvalue weighted by Gasteiger charge is -2.15. The maximum absolute atomic E-state index is 13.7. The van der Waals surface area contributed by atoms with Crippen molar-refractivity contribution in [1.82, 2.24) is 15.5 Å². The largest absolute Gasteiger partial charge is 0.356 e. The van der Waals surface area contributed by atoms with E-state index in [4.69, 9.17) is 0 Å². The van der Waals surface area contributed by atoms with Crippen molar-refractivity contribution < 1.29 is 14.1 Å². The number of nitro benzene ring substituents is 1. The fourth-order valence-electron chi connectivity index (χ4n) is 2.40. The molecule has 8 nitrogen and oxygen atoms in total. The Balaban J connectivity index is 2.00. The first kappa shape index (κ1) is 21.8. The second-order valence-corrected chi connectivity index (χ2v) is 6.50. The summed E-state index contributed by atoms with van der Waals surface area (Å²) >= 11 is 0. The number of carbonyl (C=O) groups is 1. The molecule has 0 aliphatic carbocycles. The molecule has 2 aromatic rings. The highest BCUT2D eigenvalue weighted by Crippen LogP contribution is 2.12. The number of nitro groups is 1. The van der Waals surface area contributed by atoms with E-state index in [0.717, 1.165) is 5.56 Å². The van der Waals surface area contributed by atoms with E-state index >= 15 is 0 Å². The minimum Gasteiger partial charge on any atom is -0.356 e. The van der Waals surface area contributed by atoms with Crippen LogP contribution in [0.15, 0.2) is 53.5 Å². The van der Waals surface area contributed by atoms with E-state index in [9.17, 15) is 19.3 Å².